The average Bonchev–Trinajstić information content (AvgIpc) is 3.12. The molecule has 0 saturated carbocycles. The molecular weight excluding hydrogens is 337 g/mol. The van der Waals surface area contributed by atoms with E-state index in [2.05, 4.69) is 21.2 Å². The van der Waals surface area contributed by atoms with Crippen molar-refractivity contribution in [3.05, 3.63) is 83.7 Å². The number of anilines is 1. The quantitative estimate of drug-likeness (QED) is 0.789. The van der Waals surface area contributed by atoms with Crippen molar-refractivity contribution >= 4 is 17.9 Å². The van der Waals surface area contributed by atoms with E-state index in [1.54, 1.807) is 36.7 Å². The van der Waals surface area contributed by atoms with E-state index in [0.29, 0.717) is 17.0 Å². The van der Waals surface area contributed by atoms with Gasteiger partial charge in [-0.3, -0.25) is 10.2 Å². The van der Waals surface area contributed by atoms with Gasteiger partial charge in [0.25, 0.3) is 5.91 Å². The van der Waals surface area contributed by atoms with Gasteiger partial charge in [-0.05, 0) is 36.4 Å². The molecule has 8 heteroatoms. The molecule has 2 aliphatic rings. The van der Waals surface area contributed by atoms with E-state index >= 15 is 0 Å². The lowest BCUT2D eigenvalue weighted by molar-refractivity contribution is 0.0646. The molecule has 0 saturated heterocycles. The second kappa shape index (κ2) is 6.60. The highest BCUT2D eigenvalue weighted by Gasteiger charge is 2.21. The molecule has 26 heavy (non-hydrogen) atoms. The maximum absolute atomic E-state index is 13.0. The molecule has 2 heterocycles. The van der Waals surface area contributed by atoms with Gasteiger partial charge in [0.05, 0.1) is 6.20 Å². The third-order valence-corrected chi connectivity index (χ3v) is 3.71. The molecule has 0 radical (unpaired) electrons. The van der Waals surface area contributed by atoms with Gasteiger partial charge in [0.1, 0.15) is 23.5 Å². The van der Waals surface area contributed by atoms with Crippen molar-refractivity contribution in [3.8, 4) is 5.75 Å². The first kappa shape index (κ1) is 15.7. The van der Waals surface area contributed by atoms with Crippen LogP contribution in [0.15, 0.2) is 77.3 Å². The Bertz CT molecular complexity index is 937. The molecule has 2 aliphatic heterocycles. The van der Waals surface area contributed by atoms with Crippen LogP contribution in [0, 0.1) is 5.82 Å². The topological polar surface area (TPSA) is 78.0 Å². The number of aliphatic imine (C=N–C) groups is 1. The molecule has 1 amide bonds. The number of benzene rings is 2. The molecule has 0 aliphatic carbocycles. The number of hydrogen-bond acceptors (Lipinski definition) is 6. The van der Waals surface area contributed by atoms with Crippen LogP contribution in [-0.4, -0.2) is 17.3 Å². The van der Waals surface area contributed by atoms with Gasteiger partial charge in [-0.15, -0.1) is 0 Å². The summed E-state index contributed by atoms with van der Waals surface area (Å²) in [6.45, 7) is 0. The molecule has 2 aromatic rings. The average molecular weight is 351 g/mol. The normalized spacial score (nSPS) is 14.6. The fraction of sp³-hybridized carbons (Fsp3) is 0. The zero-order valence-electron chi connectivity index (χ0n) is 13.4. The second-order valence-electron chi connectivity index (χ2n) is 5.51. The largest absolute Gasteiger partial charge is 0.374 e. The van der Waals surface area contributed by atoms with Crippen LogP contribution < -0.4 is 21.0 Å². The SMILES string of the molecule is O=C(Nc1cccc(ON2C=NC=C3NNC=C32)c1)c1ccc(F)cc1. The maximum atomic E-state index is 13.0. The number of carbonyl (C=O) groups excluding carboxylic acids is 1. The number of nitrogens with one attached hydrogen (secondary N) is 3. The van der Waals surface area contributed by atoms with Crippen LogP contribution in [0.3, 0.4) is 0 Å². The van der Waals surface area contributed by atoms with Gasteiger partial charge in [0.2, 0.25) is 0 Å². The van der Waals surface area contributed by atoms with Crippen molar-refractivity contribution in [1.82, 2.24) is 15.9 Å². The van der Waals surface area contributed by atoms with Crippen LogP contribution in [0.4, 0.5) is 10.1 Å². The summed E-state index contributed by atoms with van der Waals surface area (Å²) in [5.41, 5.74) is 8.29. The van der Waals surface area contributed by atoms with E-state index in [-0.39, 0.29) is 5.91 Å². The maximum Gasteiger partial charge on any atom is 0.255 e. The Balaban J connectivity index is 1.47. The fourth-order valence-corrected chi connectivity index (χ4v) is 2.46. The third-order valence-electron chi connectivity index (χ3n) is 3.71. The number of amides is 1. The van der Waals surface area contributed by atoms with E-state index in [0.717, 1.165) is 11.4 Å². The first-order valence-electron chi connectivity index (χ1n) is 7.79. The molecule has 3 N–H and O–H groups in total. The molecule has 0 spiro atoms. The first-order valence-corrected chi connectivity index (χ1v) is 7.79. The Morgan fingerprint density at radius 2 is 2.04 bits per heavy atom. The van der Waals surface area contributed by atoms with E-state index in [4.69, 9.17) is 4.84 Å². The molecule has 7 nitrogen and oxygen atoms in total. The highest BCUT2D eigenvalue weighted by atomic mass is 19.1. The summed E-state index contributed by atoms with van der Waals surface area (Å²) in [5, 5.41) is 4.26. The van der Waals surface area contributed by atoms with Crippen LogP contribution in [0.2, 0.25) is 0 Å². The number of hydrogen-bond donors (Lipinski definition) is 3. The van der Waals surface area contributed by atoms with Crippen LogP contribution in [0.25, 0.3) is 0 Å². The molecule has 0 fully saturated rings. The minimum absolute atomic E-state index is 0.334. The molecule has 0 bridgehead atoms. The van der Waals surface area contributed by atoms with Crippen LogP contribution in [0.1, 0.15) is 10.4 Å². The Morgan fingerprint density at radius 3 is 2.88 bits per heavy atom. The lowest BCUT2D eigenvalue weighted by atomic mass is 10.2. The molecule has 0 aromatic heterocycles. The predicted molar refractivity (Wildman–Crippen MR) is 94.2 cm³/mol. The summed E-state index contributed by atoms with van der Waals surface area (Å²) >= 11 is 0. The van der Waals surface area contributed by atoms with Crippen molar-refractivity contribution in [1.29, 1.82) is 0 Å². The van der Waals surface area contributed by atoms with Gasteiger partial charge in [0, 0.05) is 23.5 Å². The molecule has 2 aromatic carbocycles. The number of fused-ring (bicyclic) bond motifs is 1. The lowest BCUT2D eigenvalue weighted by Crippen LogP contribution is -2.29. The highest BCUT2D eigenvalue weighted by Crippen LogP contribution is 2.23. The highest BCUT2D eigenvalue weighted by molar-refractivity contribution is 6.04. The van der Waals surface area contributed by atoms with Crippen molar-refractivity contribution < 1.29 is 14.0 Å². The third kappa shape index (κ3) is 3.20. The Hall–Kier alpha value is -3.81. The smallest absolute Gasteiger partial charge is 0.255 e. The van der Waals surface area contributed by atoms with E-state index < -0.39 is 5.82 Å². The molecule has 4 rings (SSSR count). The van der Waals surface area contributed by atoms with Gasteiger partial charge in [-0.25, -0.2) is 9.38 Å². The fourth-order valence-electron chi connectivity index (χ4n) is 2.46. The number of carbonyl (C=O) groups is 1. The van der Waals surface area contributed by atoms with Crippen molar-refractivity contribution in [2.75, 3.05) is 5.32 Å². The van der Waals surface area contributed by atoms with Crippen molar-refractivity contribution in [2.24, 2.45) is 4.99 Å². The van der Waals surface area contributed by atoms with E-state index in [1.807, 2.05) is 0 Å². The summed E-state index contributed by atoms with van der Waals surface area (Å²) in [6, 6.07) is 12.3. The zero-order valence-corrected chi connectivity index (χ0v) is 13.4. The van der Waals surface area contributed by atoms with E-state index in [9.17, 15) is 9.18 Å². The van der Waals surface area contributed by atoms with Crippen LogP contribution in [-0.2, 0) is 0 Å². The summed E-state index contributed by atoms with van der Waals surface area (Å²) in [4.78, 5) is 22.1. The number of nitrogens with zero attached hydrogens (tertiary/aromatic N) is 2. The molecule has 130 valence electrons. The predicted octanol–water partition coefficient (Wildman–Crippen LogP) is 2.51. The molecule has 0 atom stereocenters. The Labute approximate surface area is 148 Å². The molecular formula is C18H14FN5O2. The Morgan fingerprint density at radius 1 is 1.19 bits per heavy atom. The van der Waals surface area contributed by atoms with Crippen LogP contribution in [0.5, 0.6) is 5.75 Å². The number of rotatable bonds is 4. The monoisotopic (exact) mass is 351 g/mol. The minimum atomic E-state index is -0.390. The summed E-state index contributed by atoms with van der Waals surface area (Å²) in [6.07, 6.45) is 4.95. The summed E-state index contributed by atoms with van der Waals surface area (Å²) in [7, 11) is 0. The first-order chi connectivity index (χ1) is 12.7. The van der Waals surface area contributed by atoms with Gasteiger partial charge < -0.3 is 15.6 Å². The van der Waals surface area contributed by atoms with Gasteiger partial charge in [-0.1, -0.05) is 6.07 Å². The van der Waals surface area contributed by atoms with Crippen LogP contribution >= 0.6 is 0 Å². The summed E-state index contributed by atoms with van der Waals surface area (Å²) < 4.78 is 13.0. The Kier molecular flexibility index (Phi) is 3.98. The standard InChI is InChI=1S/C18H14FN5O2/c19-13-6-4-12(5-7-13)18(25)22-14-2-1-3-15(8-14)26-24-11-20-9-16-17(24)10-21-23-16/h1-11,21,23H,(H,22,25). The summed E-state index contributed by atoms with van der Waals surface area (Å²) in [5.74, 6) is -0.208. The minimum Gasteiger partial charge on any atom is -0.374 e. The van der Waals surface area contributed by atoms with Crippen molar-refractivity contribution in [3.63, 3.8) is 0 Å². The van der Waals surface area contributed by atoms with Crippen molar-refractivity contribution in [2.45, 2.75) is 0 Å². The lowest BCUT2D eigenvalue weighted by Gasteiger charge is -2.22. The van der Waals surface area contributed by atoms with Gasteiger partial charge >= 0.3 is 0 Å². The van der Waals surface area contributed by atoms with E-state index in [1.165, 1.54) is 35.7 Å². The number of hydroxylamine groups is 2. The number of halogens is 1. The van der Waals surface area contributed by atoms with Gasteiger partial charge in [0.15, 0.2) is 5.75 Å². The number of hydrazine groups is 1. The van der Waals surface area contributed by atoms with Gasteiger partial charge in [-0.2, -0.15) is 5.06 Å². The zero-order chi connectivity index (χ0) is 17.9. The molecule has 0 unspecified atom stereocenters. The second-order valence-corrected chi connectivity index (χ2v) is 5.51.